The van der Waals surface area contributed by atoms with Crippen molar-refractivity contribution < 1.29 is 26.4 Å². The molecule has 0 unspecified atom stereocenters. The van der Waals surface area contributed by atoms with Gasteiger partial charge in [0.1, 0.15) is 5.75 Å². The predicted molar refractivity (Wildman–Crippen MR) is 114 cm³/mol. The topological polar surface area (TPSA) is 122 Å². The number of hydrogen-bond donors (Lipinski definition) is 2. The van der Waals surface area contributed by atoms with E-state index in [1.807, 2.05) is 0 Å². The van der Waals surface area contributed by atoms with Gasteiger partial charge in [0.25, 0.3) is 5.91 Å². The summed E-state index contributed by atoms with van der Waals surface area (Å²) >= 11 is 0. The molecule has 0 radical (unpaired) electrons. The van der Waals surface area contributed by atoms with E-state index in [2.05, 4.69) is 10.0 Å². The summed E-state index contributed by atoms with van der Waals surface area (Å²) in [4.78, 5) is 12.6. The SMILES string of the molecule is COc1ccc(S(=O)(=O)N(C)C)cc1NC(=O)c1ccc(S(=O)(=O)NC(C)C)cc1. The molecule has 0 saturated heterocycles. The van der Waals surface area contributed by atoms with E-state index in [1.165, 1.54) is 63.7 Å². The molecule has 0 spiro atoms. The van der Waals surface area contributed by atoms with Gasteiger partial charge in [-0.2, -0.15) is 0 Å². The Kier molecular flexibility index (Phi) is 7.24. The van der Waals surface area contributed by atoms with Crippen LogP contribution in [0, 0.1) is 0 Å². The molecule has 0 aromatic heterocycles. The molecule has 0 aliphatic rings. The molecule has 2 rings (SSSR count). The molecule has 0 bridgehead atoms. The lowest BCUT2D eigenvalue weighted by atomic mass is 10.2. The van der Waals surface area contributed by atoms with E-state index in [4.69, 9.17) is 4.74 Å². The fourth-order valence-corrected chi connectivity index (χ4v) is 4.69. The molecule has 0 aliphatic carbocycles. The first-order valence-electron chi connectivity index (χ1n) is 8.93. The Hall–Kier alpha value is -2.47. The smallest absolute Gasteiger partial charge is 0.255 e. The van der Waals surface area contributed by atoms with Gasteiger partial charge in [-0.25, -0.2) is 25.9 Å². The first-order chi connectivity index (χ1) is 13.9. The van der Waals surface area contributed by atoms with E-state index in [9.17, 15) is 21.6 Å². The van der Waals surface area contributed by atoms with Crippen molar-refractivity contribution in [3.05, 3.63) is 48.0 Å². The second-order valence-electron chi connectivity index (χ2n) is 6.90. The molecule has 2 N–H and O–H groups in total. The molecule has 0 aliphatic heterocycles. The van der Waals surface area contributed by atoms with Crippen LogP contribution in [0.3, 0.4) is 0 Å². The second-order valence-corrected chi connectivity index (χ2v) is 10.8. The third-order valence-corrected chi connectivity index (χ3v) is 7.50. The molecular formula is C19H25N3O6S2. The van der Waals surface area contributed by atoms with Crippen molar-refractivity contribution in [1.82, 2.24) is 9.03 Å². The lowest BCUT2D eigenvalue weighted by Crippen LogP contribution is -2.30. The zero-order valence-electron chi connectivity index (χ0n) is 17.3. The third kappa shape index (κ3) is 5.36. The van der Waals surface area contributed by atoms with E-state index >= 15 is 0 Å². The number of nitrogens with zero attached hydrogens (tertiary/aromatic N) is 1. The molecular weight excluding hydrogens is 430 g/mol. The van der Waals surface area contributed by atoms with Crippen molar-refractivity contribution in [3.63, 3.8) is 0 Å². The summed E-state index contributed by atoms with van der Waals surface area (Å²) < 4.78 is 57.8. The van der Waals surface area contributed by atoms with Gasteiger partial charge in [-0.05, 0) is 56.3 Å². The Morgan fingerprint density at radius 2 is 1.53 bits per heavy atom. The van der Waals surface area contributed by atoms with Crippen molar-refractivity contribution in [2.45, 2.75) is 29.7 Å². The van der Waals surface area contributed by atoms with Crippen molar-refractivity contribution >= 4 is 31.6 Å². The van der Waals surface area contributed by atoms with Gasteiger partial charge in [0.15, 0.2) is 0 Å². The van der Waals surface area contributed by atoms with Crippen LogP contribution >= 0.6 is 0 Å². The molecule has 0 atom stereocenters. The highest BCUT2D eigenvalue weighted by Crippen LogP contribution is 2.29. The zero-order valence-corrected chi connectivity index (χ0v) is 19.0. The minimum Gasteiger partial charge on any atom is -0.495 e. The summed E-state index contributed by atoms with van der Waals surface area (Å²) in [5, 5.41) is 2.61. The third-order valence-electron chi connectivity index (χ3n) is 4.02. The zero-order chi connectivity index (χ0) is 22.7. The van der Waals surface area contributed by atoms with Crippen LogP contribution in [-0.4, -0.2) is 54.3 Å². The molecule has 1 amide bonds. The highest BCUT2D eigenvalue weighted by atomic mass is 32.2. The van der Waals surface area contributed by atoms with Gasteiger partial charge in [0, 0.05) is 25.7 Å². The van der Waals surface area contributed by atoms with Gasteiger partial charge < -0.3 is 10.1 Å². The minimum absolute atomic E-state index is 0.00944. The highest BCUT2D eigenvalue weighted by molar-refractivity contribution is 7.89. The number of amides is 1. The van der Waals surface area contributed by atoms with Crippen LogP contribution in [0.4, 0.5) is 5.69 Å². The quantitative estimate of drug-likeness (QED) is 0.627. The van der Waals surface area contributed by atoms with E-state index in [1.54, 1.807) is 13.8 Å². The standard InChI is InChI=1S/C19H25N3O6S2/c1-13(2)21-29(24,25)15-8-6-14(7-9-15)19(23)20-17-12-16(10-11-18(17)28-5)30(26,27)22(3)4/h6-13,21H,1-5H3,(H,20,23). The second kappa shape index (κ2) is 9.13. The summed E-state index contributed by atoms with van der Waals surface area (Å²) in [7, 11) is -3.17. The number of sulfonamides is 2. The molecule has 30 heavy (non-hydrogen) atoms. The number of ether oxygens (including phenoxy) is 1. The number of benzene rings is 2. The number of carbonyl (C=O) groups is 1. The molecule has 0 heterocycles. The molecule has 164 valence electrons. The number of hydrogen-bond acceptors (Lipinski definition) is 6. The van der Waals surface area contributed by atoms with E-state index in [0.717, 1.165) is 4.31 Å². The van der Waals surface area contributed by atoms with Crippen molar-refractivity contribution in [3.8, 4) is 5.75 Å². The van der Waals surface area contributed by atoms with Crippen molar-refractivity contribution in [1.29, 1.82) is 0 Å². The summed E-state index contributed by atoms with van der Waals surface area (Å²) in [6.07, 6.45) is 0. The van der Waals surface area contributed by atoms with Crippen LogP contribution in [0.5, 0.6) is 5.75 Å². The normalized spacial score (nSPS) is 12.2. The Balaban J connectivity index is 2.31. The molecule has 2 aromatic rings. The summed E-state index contributed by atoms with van der Waals surface area (Å²) in [5.41, 5.74) is 0.366. The number of methoxy groups -OCH3 is 1. The number of carbonyl (C=O) groups excluding carboxylic acids is 1. The number of anilines is 1. The van der Waals surface area contributed by atoms with Gasteiger partial charge in [0.05, 0.1) is 22.6 Å². The summed E-state index contributed by atoms with van der Waals surface area (Å²) in [5.74, 6) is -0.269. The van der Waals surface area contributed by atoms with Crippen LogP contribution in [0.25, 0.3) is 0 Å². The Morgan fingerprint density at radius 1 is 0.967 bits per heavy atom. The minimum atomic E-state index is -3.70. The maximum absolute atomic E-state index is 12.6. The van der Waals surface area contributed by atoms with E-state index in [0.29, 0.717) is 0 Å². The van der Waals surface area contributed by atoms with Crippen LogP contribution in [0.2, 0.25) is 0 Å². The first-order valence-corrected chi connectivity index (χ1v) is 11.8. The van der Waals surface area contributed by atoms with Gasteiger partial charge in [-0.3, -0.25) is 4.79 Å². The fraction of sp³-hybridized carbons (Fsp3) is 0.316. The maximum atomic E-state index is 12.6. The lowest BCUT2D eigenvalue weighted by molar-refractivity contribution is 0.102. The Bertz CT molecular complexity index is 1130. The fourth-order valence-electron chi connectivity index (χ4n) is 2.51. The van der Waals surface area contributed by atoms with Crippen molar-refractivity contribution in [2.24, 2.45) is 0 Å². The molecule has 0 fully saturated rings. The average molecular weight is 456 g/mol. The lowest BCUT2D eigenvalue weighted by Gasteiger charge is -2.15. The maximum Gasteiger partial charge on any atom is 0.255 e. The van der Waals surface area contributed by atoms with E-state index < -0.39 is 26.0 Å². The van der Waals surface area contributed by atoms with Crippen LogP contribution in [-0.2, 0) is 20.0 Å². The Morgan fingerprint density at radius 3 is 2.03 bits per heavy atom. The molecule has 2 aromatic carbocycles. The van der Waals surface area contributed by atoms with Gasteiger partial charge >= 0.3 is 0 Å². The van der Waals surface area contributed by atoms with Crippen molar-refractivity contribution in [2.75, 3.05) is 26.5 Å². The van der Waals surface area contributed by atoms with Gasteiger partial charge in [-0.1, -0.05) is 0 Å². The highest BCUT2D eigenvalue weighted by Gasteiger charge is 2.21. The number of rotatable bonds is 8. The molecule has 0 saturated carbocycles. The van der Waals surface area contributed by atoms with Crippen LogP contribution in [0.1, 0.15) is 24.2 Å². The molecule has 9 nitrogen and oxygen atoms in total. The molecule has 11 heteroatoms. The van der Waals surface area contributed by atoms with E-state index in [-0.39, 0.29) is 32.8 Å². The first kappa shape index (κ1) is 23.8. The summed E-state index contributed by atoms with van der Waals surface area (Å²) in [6, 6.07) is 9.25. The Labute approximate surface area is 177 Å². The monoisotopic (exact) mass is 455 g/mol. The predicted octanol–water partition coefficient (Wildman–Crippen LogP) is 1.88. The summed E-state index contributed by atoms with van der Waals surface area (Å²) in [6.45, 7) is 3.41. The van der Waals surface area contributed by atoms with Crippen LogP contribution < -0.4 is 14.8 Å². The van der Waals surface area contributed by atoms with Crippen LogP contribution in [0.15, 0.2) is 52.3 Å². The average Bonchev–Trinajstić information content (AvgIpc) is 2.66. The van der Waals surface area contributed by atoms with Gasteiger partial charge in [0.2, 0.25) is 20.0 Å². The number of nitrogens with one attached hydrogen (secondary N) is 2. The largest absolute Gasteiger partial charge is 0.495 e. The van der Waals surface area contributed by atoms with Gasteiger partial charge in [-0.15, -0.1) is 0 Å².